The van der Waals surface area contributed by atoms with Crippen LogP contribution < -0.4 is 0 Å². The van der Waals surface area contributed by atoms with Gasteiger partial charge in [0, 0.05) is 12.5 Å². The number of carbonyl (C=O) groups is 2. The van der Waals surface area contributed by atoms with Crippen molar-refractivity contribution in [3.8, 4) is 0 Å². The van der Waals surface area contributed by atoms with E-state index in [9.17, 15) is 22.8 Å². The highest BCUT2D eigenvalue weighted by Crippen LogP contribution is 2.68. The minimum Gasteiger partial charge on any atom is -0.480 e. The first-order chi connectivity index (χ1) is 8.89. The van der Waals surface area contributed by atoms with Crippen LogP contribution in [0.1, 0.15) is 27.2 Å². The average Bonchev–Trinajstić information content (AvgIpc) is 2.81. The van der Waals surface area contributed by atoms with Gasteiger partial charge in [-0.05, 0) is 27.2 Å². The highest BCUT2D eigenvalue weighted by atomic mass is 19.4. The summed E-state index contributed by atoms with van der Waals surface area (Å²) < 4.78 is 44.1. The molecule has 1 saturated carbocycles. The van der Waals surface area contributed by atoms with Crippen molar-refractivity contribution in [2.75, 3.05) is 6.54 Å². The second-order valence-corrected chi connectivity index (χ2v) is 6.36. The van der Waals surface area contributed by atoms with Gasteiger partial charge < -0.3 is 9.84 Å². The third kappa shape index (κ3) is 2.20. The van der Waals surface area contributed by atoms with Gasteiger partial charge in [-0.3, -0.25) is 4.90 Å². The van der Waals surface area contributed by atoms with Crippen molar-refractivity contribution in [2.45, 2.75) is 45.0 Å². The number of carboxylic acid groups (broad SMARTS) is 1. The maximum Gasteiger partial charge on any atom is 0.411 e. The number of ether oxygens (including phenoxy) is 1. The molecule has 0 aromatic heterocycles. The van der Waals surface area contributed by atoms with Crippen LogP contribution in [-0.2, 0) is 9.53 Å². The van der Waals surface area contributed by atoms with Crippen molar-refractivity contribution >= 4 is 12.1 Å². The van der Waals surface area contributed by atoms with Crippen molar-refractivity contribution in [3.05, 3.63) is 0 Å². The van der Waals surface area contributed by atoms with E-state index in [4.69, 9.17) is 9.84 Å². The summed E-state index contributed by atoms with van der Waals surface area (Å²) in [6.45, 7) is 4.05. The molecule has 114 valence electrons. The molecule has 3 atom stereocenters. The number of likely N-dealkylation sites (tertiary alicyclic amines) is 1. The summed E-state index contributed by atoms with van der Waals surface area (Å²) in [5.74, 6) is -2.50. The zero-order valence-electron chi connectivity index (χ0n) is 11.3. The Morgan fingerprint density at radius 2 is 1.85 bits per heavy atom. The second-order valence-electron chi connectivity index (χ2n) is 6.36. The van der Waals surface area contributed by atoms with Crippen molar-refractivity contribution < 1.29 is 32.6 Å². The topological polar surface area (TPSA) is 66.8 Å². The first-order valence-electron chi connectivity index (χ1n) is 6.18. The molecule has 1 saturated heterocycles. The molecule has 0 aromatic rings. The number of hydrogen-bond donors (Lipinski definition) is 1. The van der Waals surface area contributed by atoms with E-state index in [0.717, 1.165) is 0 Å². The Hall–Kier alpha value is -1.47. The summed E-state index contributed by atoms with van der Waals surface area (Å²) in [6, 6.07) is -1.47. The standard InChI is InChI=1S/C12H16F3NO4/c1-10(2,3)20-9(19)16-5-11(12(13,14)15)4-6(11)7(16)8(17)18/h6-7H,4-5H2,1-3H3,(H,17,18)/t6-,7+,11-/m1/s1. The Morgan fingerprint density at radius 1 is 1.30 bits per heavy atom. The quantitative estimate of drug-likeness (QED) is 0.805. The Bertz CT molecular complexity index is 457. The predicted molar refractivity (Wildman–Crippen MR) is 61.0 cm³/mol. The lowest BCUT2D eigenvalue weighted by molar-refractivity contribution is -0.187. The van der Waals surface area contributed by atoms with Crippen LogP contribution in [0, 0.1) is 11.3 Å². The van der Waals surface area contributed by atoms with Crippen LogP contribution in [-0.4, -0.2) is 46.4 Å². The molecular weight excluding hydrogens is 279 g/mol. The lowest BCUT2D eigenvalue weighted by Crippen LogP contribution is -2.46. The minimum absolute atomic E-state index is 0.243. The Morgan fingerprint density at radius 3 is 2.25 bits per heavy atom. The van der Waals surface area contributed by atoms with Crippen LogP contribution in [0.25, 0.3) is 0 Å². The number of halogens is 3. The lowest BCUT2D eigenvalue weighted by atomic mass is 10.0. The highest BCUT2D eigenvalue weighted by molar-refractivity contribution is 5.82. The molecule has 0 radical (unpaired) electrons. The SMILES string of the molecule is CC(C)(C)OC(=O)N1C[C@]2(C(F)(F)F)C[C@@H]2[C@H]1C(=O)O. The number of nitrogens with zero attached hydrogens (tertiary/aromatic N) is 1. The first-order valence-corrected chi connectivity index (χ1v) is 6.18. The molecule has 0 unspecified atom stereocenters. The average molecular weight is 295 g/mol. The maximum absolute atomic E-state index is 13.0. The number of aliphatic carboxylic acids is 1. The van der Waals surface area contributed by atoms with Crippen LogP contribution >= 0.6 is 0 Å². The van der Waals surface area contributed by atoms with E-state index in [0.29, 0.717) is 4.90 Å². The number of carboxylic acids is 1. The van der Waals surface area contributed by atoms with Crippen molar-refractivity contribution in [1.82, 2.24) is 4.90 Å². The van der Waals surface area contributed by atoms with E-state index in [1.165, 1.54) is 0 Å². The van der Waals surface area contributed by atoms with Crippen LogP contribution in [0.15, 0.2) is 0 Å². The maximum atomic E-state index is 13.0. The molecule has 8 heteroatoms. The van der Waals surface area contributed by atoms with Crippen LogP contribution in [0.5, 0.6) is 0 Å². The zero-order chi connectivity index (χ0) is 15.5. The molecule has 0 aromatic carbocycles. The van der Waals surface area contributed by atoms with Crippen LogP contribution in [0.4, 0.5) is 18.0 Å². The predicted octanol–water partition coefficient (Wildman–Crippen LogP) is 2.26. The van der Waals surface area contributed by atoms with Crippen LogP contribution in [0.3, 0.4) is 0 Å². The summed E-state index contributed by atoms with van der Waals surface area (Å²) in [5, 5.41) is 9.09. The minimum atomic E-state index is -4.51. The lowest BCUT2D eigenvalue weighted by Gasteiger charge is -2.29. The molecule has 1 heterocycles. The Balaban J connectivity index is 2.22. The number of hydrogen-bond acceptors (Lipinski definition) is 3. The van der Waals surface area contributed by atoms with Gasteiger partial charge in [0.1, 0.15) is 11.6 Å². The Labute approximate surface area is 113 Å². The van der Waals surface area contributed by atoms with E-state index < -0.39 is 47.8 Å². The number of rotatable bonds is 1. The van der Waals surface area contributed by atoms with Gasteiger partial charge in [0.25, 0.3) is 0 Å². The van der Waals surface area contributed by atoms with E-state index >= 15 is 0 Å². The summed E-state index contributed by atoms with van der Waals surface area (Å²) in [7, 11) is 0. The monoisotopic (exact) mass is 295 g/mol. The van der Waals surface area contributed by atoms with E-state index in [-0.39, 0.29) is 6.42 Å². The third-order valence-corrected chi connectivity index (χ3v) is 3.75. The number of alkyl halides is 3. The van der Waals surface area contributed by atoms with Gasteiger partial charge in [-0.25, -0.2) is 9.59 Å². The van der Waals surface area contributed by atoms with Gasteiger partial charge in [-0.1, -0.05) is 0 Å². The summed E-state index contributed by atoms with van der Waals surface area (Å²) in [4.78, 5) is 23.7. The molecule has 5 nitrogen and oxygen atoms in total. The smallest absolute Gasteiger partial charge is 0.411 e. The molecule has 2 rings (SSSR count). The fraction of sp³-hybridized carbons (Fsp3) is 0.833. The number of amides is 1. The fourth-order valence-electron chi connectivity index (χ4n) is 2.77. The van der Waals surface area contributed by atoms with Crippen molar-refractivity contribution in [1.29, 1.82) is 0 Å². The largest absolute Gasteiger partial charge is 0.480 e. The van der Waals surface area contributed by atoms with Crippen LogP contribution in [0.2, 0.25) is 0 Å². The van der Waals surface area contributed by atoms with E-state index in [1.807, 2.05) is 0 Å². The molecule has 1 amide bonds. The Kier molecular flexibility index (Phi) is 3.00. The molecule has 2 aliphatic rings. The molecule has 0 spiro atoms. The van der Waals surface area contributed by atoms with E-state index in [1.54, 1.807) is 20.8 Å². The van der Waals surface area contributed by atoms with Gasteiger partial charge >= 0.3 is 18.2 Å². The molecule has 20 heavy (non-hydrogen) atoms. The van der Waals surface area contributed by atoms with Crippen molar-refractivity contribution in [3.63, 3.8) is 0 Å². The summed E-state index contributed by atoms with van der Waals surface area (Å²) in [5.41, 5.74) is -2.97. The second kappa shape index (κ2) is 4.02. The summed E-state index contributed by atoms with van der Waals surface area (Å²) >= 11 is 0. The van der Waals surface area contributed by atoms with Gasteiger partial charge in [-0.2, -0.15) is 13.2 Å². The van der Waals surface area contributed by atoms with Gasteiger partial charge in [0.05, 0.1) is 5.41 Å². The molecule has 1 N–H and O–H groups in total. The van der Waals surface area contributed by atoms with Crippen molar-refractivity contribution in [2.24, 2.45) is 11.3 Å². The number of fused-ring (bicyclic) bond motifs is 1. The normalized spacial score (nSPS) is 32.8. The molecule has 1 aliphatic carbocycles. The summed E-state index contributed by atoms with van der Waals surface area (Å²) in [6.07, 6.45) is -5.77. The van der Waals surface area contributed by atoms with E-state index in [2.05, 4.69) is 0 Å². The fourth-order valence-corrected chi connectivity index (χ4v) is 2.77. The molecular formula is C12H16F3NO4. The van der Waals surface area contributed by atoms with Gasteiger partial charge in [0.2, 0.25) is 0 Å². The number of piperidine rings is 1. The number of carbonyl (C=O) groups excluding carboxylic acids is 1. The van der Waals surface area contributed by atoms with Gasteiger partial charge in [0.15, 0.2) is 0 Å². The third-order valence-electron chi connectivity index (χ3n) is 3.75. The zero-order valence-corrected chi connectivity index (χ0v) is 11.3. The highest BCUT2D eigenvalue weighted by Gasteiger charge is 2.79. The van der Waals surface area contributed by atoms with Gasteiger partial charge in [-0.15, -0.1) is 0 Å². The molecule has 0 bridgehead atoms. The molecule has 1 aliphatic heterocycles. The molecule has 2 fully saturated rings. The first kappa shape index (κ1) is 14.9.